The summed E-state index contributed by atoms with van der Waals surface area (Å²) in [5.74, 6) is 0.955. The van der Waals surface area contributed by atoms with Gasteiger partial charge in [0.15, 0.2) is 18.0 Å². The van der Waals surface area contributed by atoms with E-state index < -0.39 is 0 Å². The third kappa shape index (κ3) is 3.34. The van der Waals surface area contributed by atoms with Crippen LogP contribution in [0.15, 0.2) is 67.1 Å². The van der Waals surface area contributed by atoms with Crippen LogP contribution < -0.4 is 22.7 Å². The van der Waals surface area contributed by atoms with E-state index in [4.69, 9.17) is 4.98 Å². The molecule has 3 aromatic heterocycles. The van der Waals surface area contributed by atoms with Crippen molar-refractivity contribution in [1.29, 1.82) is 0 Å². The van der Waals surface area contributed by atoms with Gasteiger partial charge < -0.3 is 17.7 Å². The number of carbonyl (C=O) groups is 1. The topological polar surface area (TPSA) is 73.4 Å². The Morgan fingerprint density at radius 3 is 2.57 bits per heavy atom. The molecule has 1 amide bonds. The molecule has 1 aliphatic carbocycles. The molecule has 0 aliphatic heterocycles. The zero-order valence-electron chi connectivity index (χ0n) is 15.0. The lowest BCUT2D eigenvalue weighted by atomic mass is 10.1. The van der Waals surface area contributed by atoms with Crippen molar-refractivity contribution in [2.75, 3.05) is 5.32 Å². The number of aromatic nitrogens is 4. The lowest BCUT2D eigenvalue weighted by Crippen LogP contribution is -3.00. The van der Waals surface area contributed by atoms with Crippen molar-refractivity contribution in [1.82, 2.24) is 14.6 Å². The first kappa shape index (κ1) is 18.1. The summed E-state index contributed by atoms with van der Waals surface area (Å²) in [5.41, 5.74) is 4.37. The second-order valence-corrected chi connectivity index (χ2v) is 6.75. The van der Waals surface area contributed by atoms with Crippen LogP contribution in [0.25, 0.3) is 16.9 Å². The predicted molar refractivity (Wildman–Crippen MR) is 101 cm³/mol. The van der Waals surface area contributed by atoms with Crippen molar-refractivity contribution in [3.8, 4) is 11.3 Å². The summed E-state index contributed by atoms with van der Waals surface area (Å²) in [6.07, 6.45) is 7.67. The largest absolute Gasteiger partial charge is 1.00 e. The van der Waals surface area contributed by atoms with Gasteiger partial charge >= 0.3 is 0 Å². The lowest BCUT2D eigenvalue weighted by molar-refractivity contribution is -0.378. The van der Waals surface area contributed by atoms with Gasteiger partial charge in [0, 0.05) is 29.3 Å². The number of hydrogen-bond donors (Lipinski definition) is 1. The molecule has 1 saturated carbocycles. The average Bonchev–Trinajstić information content (AvgIpc) is 3.48. The van der Waals surface area contributed by atoms with Crippen LogP contribution in [0.4, 0.5) is 5.82 Å². The minimum atomic E-state index is -0.181. The number of carbonyl (C=O) groups excluding carboxylic acids is 1. The van der Waals surface area contributed by atoms with Gasteiger partial charge in [0.25, 0.3) is 5.91 Å². The Hall–Kier alpha value is -3.25. The van der Waals surface area contributed by atoms with Gasteiger partial charge in [-0.05, 0) is 18.8 Å². The predicted octanol–water partition coefficient (Wildman–Crippen LogP) is 0.344. The highest BCUT2D eigenvalue weighted by Gasteiger charge is 2.28. The normalized spacial score (nSPS) is 13.1. The van der Waals surface area contributed by atoms with Gasteiger partial charge in [0.05, 0.1) is 17.5 Å². The molecule has 6 nitrogen and oxygen atoms in total. The van der Waals surface area contributed by atoms with Crippen molar-refractivity contribution in [2.24, 2.45) is 0 Å². The monoisotopic (exact) mass is 391 g/mol. The van der Waals surface area contributed by atoms with E-state index in [-0.39, 0.29) is 18.3 Å². The molecule has 0 radical (unpaired) electrons. The van der Waals surface area contributed by atoms with Crippen LogP contribution in [0.3, 0.4) is 0 Å². The maximum absolute atomic E-state index is 12.7. The number of pyridine rings is 1. The summed E-state index contributed by atoms with van der Waals surface area (Å²) in [6, 6.07) is 15.3. The summed E-state index contributed by atoms with van der Waals surface area (Å²) < 4.78 is 1.73. The molecule has 0 bridgehead atoms. The molecule has 1 aromatic carbocycles. The van der Waals surface area contributed by atoms with Gasteiger partial charge in [-0.3, -0.25) is 4.79 Å². The number of aromatic amines is 1. The van der Waals surface area contributed by atoms with Crippen LogP contribution in [0, 0.1) is 0 Å². The quantitative estimate of drug-likeness (QED) is 0.545. The smallest absolute Gasteiger partial charge is 0.257 e. The maximum Gasteiger partial charge on any atom is 0.257 e. The first-order valence-corrected chi connectivity index (χ1v) is 9.01. The van der Waals surface area contributed by atoms with Crippen LogP contribution in [0.1, 0.15) is 34.7 Å². The van der Waals surface area contributed by atoms with Crippen molar-refractivity contribution < 1.29 is 22.2 Å². The molecule has 0 saturated heterocycles. The fraction of sp³-hybridized carbons (Fsp3) is 0.143. The number of anilines is 1. The number of amides is 1. The molecule has 5 rings (SSSR count). The number of H-pyrrole nitrogens is 1. The lowest BCUT2D eigenvalue weighted by Gasteiger charge is -2.10. The molecule has 4 aromatic rings. The van der Waals surface area contributed by atoms with E-state index in [1.165, 1.54) is 12.8 Å². The van der Waals surface area contributed by atoms with E-state index in [0.29, 0.717) is 17.3 Å². The maximum atomic E-state index is 12.7. The summed E-state index contributed by atoms with van der Waals surface area (Å²) >= 11 is 0. The molecular weight excluding hydrogens is 374 g/mol. The summed E-state index contributed by atoms with van der Waals surface area (Å²) in [4.78, 5) is 20.5. The average molecular weight is 392 g/mol. The molecule has 28 heavy (non-hydrogen) atoms. The Balaban J connectivity index is 0.00000192. The molecular formula is C21H18ClN5O. The zero-order chi connectivity index (χ0) is 18.2. The standard InChI is InChI=1S/C21H17N5O.ClH/c27-21(16-8-10-22-11-9-16)25-19-12-18(15-4-2-1-3-5-15)24-20-17(14-6-7-14)13-23-26(19)20;/h1-5,8-14H,6-7H2,(H,25,27);1H. The van der Waals surface area contributed by atoms with Gasteiger partial charge in [-0.15, -0.1) is 0 Å². The Morgan fingerprint density at radius 2 is 1.86 bits per heavy atom. The van der Waals surface area contributed by atoms with Crippen molar-refractivity contribution in [2.45, 2.75) is 18.8 Å². The first-order valence-electron chi connectivity index (χ1n) is 9.01. The van der Waals surface area contributed by atoms with Gasteiger partial charge in [-0.2, -0.15) is 9.61 Å². The van der Waals surface area contributed by atoms with Crippen LogP contribution in [0.5, 0.6) is 0 Å². The highest BCUT2D eigenvalue weighted by atomic mass is 35.5. The molecule has 1 fully saturated rings. The van der Waals surface area contributed by atoms with Crippen molar-refractivity contribution >= 4 is 17.4 Å². The highest BCUT2D eigenvalue weighted by Crippen LogP contribution is 2.42. The summed E-state index contributed by atoms with van der Waals surface area (Å²) in [6.45, 7) is 0. The van der Waals surface area contributed by atoms with E-state index in [9.17, 15) is 4.79 Å². The molecule has 140 valence electrons. The molecule has 0 atom stereocenters. The number of rotatable bonds is 4. The first-order chi connectivity index (χ1) is 13.3. The van der Waals surface area contributed by atoms with Crippen LogP contribution >= 0.6 is 0 Å². The number of halogens is 1. The fourth-order valence-electron chi connectivity index (χ4n) is 3.23. The van der Waals surface area contributed by atoms with Gasteiger partial charge in [0.2, 0.25) is 0 Å². The molecule has 3 heterocycles. The fourth-order valence-corrected chi connectivity index (χ4v) is 3.23. The van der Waals surface area contributed by atoms with Crippen molar-refractivity contribution in [3.63, 3.8) is 0 Å². The van der Waals surface area contributed by atoms with E-state index in [1.807, 2.05) is 42.6 Å². The molecule has 2 N–H and O–H groups in total. The molecule has 0 spiro atoms. The van der Waals surface area contributed by atoms with E-state index in [2.05, 4.69) is 15.4 Å². The van der Waals surface area contributed by atoms with Crippen LogP contribution in [-0.4, -0.2) is 20.5 Å². The minimum Gasteiger partial charge on any atom is -1.00 e. The Bertz CT molecular complexity index is 1120. The SMILES string of the molecule is O=C(Nc1cc(-c2ccccc2)nc2c(C3CC3)cnn12)c1cc[nH+]cc1.[Cl-]. The van der Waals surface area contributed by atoms with Gasteiger partial charge in [-0.1, -0.05) is 30.3 Å². The van der Waals surface area contributed by atoms with E-state index >= 15 is 0 Å². The van der Waals surface area contributed by atoms with Gasteiger partial charge in [-0.25, -0.2) is 9.97 Å². The van der Waals surface area contributed by atoms with Crippen molar-refractivity contribution in [3.05, 3.63) is 78.2 Å². The number of benzene rings is 1. The second kappa shape index (κ2) is 7.40. The third-order valence-corrected chi connectivity index (χ3v) is 4.81. The highest BCUT2D eigenvalue weighted by molar-refractivity contribution is 6.04. The zero-order valence-corrected chi connectivity index (χ0v) is 15.7. The van der Waals surface area contributed by atoms with Crippen LogP contribution in [0.2, 0.25) is 0 Å². The minimum absolute atomic E-state index is 0. The molecule has 1 aliphatic rings. The summed E-state index contributed by atoms with van der Waals surface area (Å²) in [5, 5.41) is 7.49. The number of hydrogen-bond acceptors (Lipinski definition) is 3. The Kier molecular flexibility index (Phi) is 4.79. The van der Waals surface area contributed by atoms with E-state index in [1.54, 1.807) is 29.0 Å². The molecule has 0 unspecified atom stereocenters. The third-order valence-electron chi connectivity index (χ3n) is 4.81. The number of nitrogens with zero attached hydrogens (tertiary/aromatic N) is 3. The summed E-state index contributed by atoms with van der Waals surface area (Å²) in [7, 11) is 0. The second-order valence-electron chi connectivity index (χ2n) is 6.75. The van der Waals surface area contributed by atoms with Gasteiger partial charge in [0.1, 0.15) is 5.82 Å². The number of fused-ring (bicyclic) bond motifs is 1. The molecule has 7 heteroatoms. The number of nitrogens with one attached hydrogen (secondary N) is 2. The van der Waals surface area contributed by atoms with E-state index in [0.717, 1.165) is 22.5 Å². The Morgan fingerprint density at radius 1 is 1.11 bits per heavy atom. The Labute approximate surface area is 168 Å². The van der Waals surface area contributed by atoms with Crippen LogP contribution in [-0.2, 0) is 0 Å².